The van der Waals surface area contributed by atoms with Crippen LogP contribution in [0.15, 0.2) is 30.6 Å². The Hall–Kier alpha value is -2.17. The zero-order valence-corrected chi connectivity index (χ0v) is 12.1. The number of hydrogen-bond donors (Lipinski definition) is 1. The monoisotopic (exact) mass is 285 g/mol. The molecule has 110 valence electrons. The van der Waals surface area contributed by atoms with Crippen LogP contribution in [0, 0.1) is 16.0 Å². The van der Waals surface area contributed by atoms with Crippen LogP contribution in [0.1, 0.15) is 32.6 Å². The molecule has 1 fully saturated rings. The molecule has 0 bridgehead atoms. The van der Waals surface area contributed by atoms with Gasteiger partial charge in [0.15, 0.2) is 0 Å². The van der Waals surface area contributed by atoms with Crippen molar-refractivity contribution in [1.82, 2.24) is 4.98 Å². The molecule has 1 aromatic carbocycles. The van der Waals surface area contributed by atoms with Gasteiger partial charge in [-0.1, -0.05) is 12.8 Å². The second kappa shape index (κ2) is 5.68. The van der Waals surface area contributed by atoms with Gasteiger partial charge in [0.05, 0.1) is 10.3 Å². The summed E-state index contributed by atoms with van der Waals surface area (Å²) in [5.41, 5.74) is 1.06. The zero-order valence-electron chi connectivity index (χ0n) is 12.1. The highest BCUT2D eigenvalue weighted by molar-refractivity contribution is 5.99. The summed E-state index contributed by atoms with van der Waals surface area (Å²) in [6.07, 6.45) is 8.39. The Morgan fingerprint density at radius 2 is 2.05 bits per heavy atom. The molecular formula is C16H19N3O2. The van der Waals surface area contributed by atoms with Crippen LogP contribution in [-0.4, -0.2) is 15.9 Å². The molecule has 5 nitrogen and oxygen atoms in total. The highest BCUT2D eigenvalue weighted by Gasteiger charge is 2.22. The van der Waals surface area contributed by atoms with E-state index < -0.39 is 0 Å². The first-order chi connectivity index (χ1) is 10.2. The summed E-state index contributed by atoms with van der Waals surface area (Å²) >= 11 is 0. The third-order valence-electron chi connectivity index (χ3n) is 4.48. The summed E-state index contributed by atoms with van der Waals surface area (Å²) in [4.78, 5) is 14.8. The summed E-state index contributed by atoms with van der Waals surface area (Å²) in [6, 6.07) is 5.59. The first-order valence-corrected chi connectivity index (χ1v) is 7.44. The van der Waals surface area contributed by atoms with Crippen LogP contribution < -0.4 is 5.32 Å². The van der Waals surface area contributed by atoms with Crippen LogP contribution in [-0.2, 0) is 0 Å². The molecule has 3 rings (SSSR count). The molecule has 0 aliphatic heterocycles. The van der Waals surface area contributed by atoms with Crippen molar-refractivity contribution in [2.75, 3.05) is 5.32 Å². The van der Waals surface area contributed by atoms with E-state index in [1.165, 1.54) is 25.7 Å². The largest absolute Gasteiger partial charge is 0.382 e. The number of aromatic nitrogens is 1. The van der Waals surface area contributed by atoms with Gasteiger partial charge in [0, 0.05) is 35.6 Å². The smallest absolute Gasteiger partial charge is 0.278 e. The second-order valence-corrected chi connectivity index (χ2v) is 5.79. The van der Waals surface area contributed by atoms with Crippen molar-refractivity contribution >= 4 is 22.1 Å². The van der Waals surface area contributed by atoms with Gasteiger partial charge in [-0.25, -0.2) is 0 Å². The summed E-state index contributed by atoms with van der Waals surface area (Å²) in [5.74, 6) is 0.692. The van der Waals surface area contributed by atoms with Gasteiger partial charge in [0.1, 0.15) is 0 Å². The number of benzene rings is 1. The fraction of sp³-hybridized carbons (Fsp3) is 0.438. The normalized spacial score (nSPS) is 17.0. The Bertz CT molecular complexity index is 666. The van der Waals surface area contributed by atoms with Crippen LogP contribution in [0.4, 0.5) is 11.4 Å². The fourth-order valence-electron chi connectivity index (χ4n) is 3.28. The first kappa shape index (κ1) is 13.8. The molecular weight excluding hydrogens is 266 g/mol. The predicted molar refractivity (Wildman–Crippen MR) is 83.4 cm³/mol. The molecule has 0 spiro atoms. The Labute approximate surface area is 123 Å². The topological polar surface area (TPSA) is 68.1 Å². The third-order valence-corrected chi connectivity index (χ3v) is 4.48. The molecule has 1 heterocycles. The predicted octanol–water partition coefficient (Wildman–Crippen LogP) is 4.13. The van der Waals surface area contributed by atoms with E-state index in [1.54, 1.807) is 18.5 Å². The number of rotatable bonds is 4. The van der Waals surface area contributed by atoms with E-state index in [4.69, 9.17) is 0 Å². The SMILES string of the molecule is CC(Nc1ccc([N+](=O)[O-])c2cnccc12)C1CCCC1. The maximum absolute atomic E-state index is 11.1. The second-order valence-electron chi connectivity index (χ2n) is 5.79. The number of fused-ring (bicyclic) bond motifs is 1. The van der Waals surface area contributed by atoms with Crippen molar-refractivity contribution in [3.8, 4) is 0 Å². The fourth-order valence-corrected chi connectivity index (χ4v) is 3.28. The van der Waals surface area contributed by atoms with Gasteiger partial charge >= 0.3 is 0 Å². The molecule has 1 saturated carbocycles. The van der Waals surface area contributed by atoms with E-state index in [-0.39, 0.29) is 10.6 Å². The third kappa shape index (κ3) is 2.68. The minimum atomic E-state index is -0.353. The van der Waals surface area contributed by atoms with E-state index >= 15 is 0 Å². The van der Waals surface area contributed by atoms with Gasteiger partial charge in [0.25, 0.3) is 5.69 Å². The van der Waals surface area contributed by atoms with Gasteiger partial charge in [0.2, 0.25) is 0 Å². The van der Waals surface area contributed by atoms with Gasteiger partial charge in [-0.3, -0.25) is 15.1 Å². The highest BCUT2D eigenvalue weighted by Crippen LogP contribution is 2.34. The average molecular weight is 285 g/mol. The molecule has 1 atom stereocenters. The highest BCUT2D eigenvalue weighted by atomic mass is 16.6. The molecule has 2 aromatic rings. The van der Waals surface area contributed by atoms with Crippen LogP contribution >= 0.6 is 0 Å². The Kier molecular flexibility index (Phi) is 3.73. The molecule has 1 aromatic heterocycles. The van der Waals surface area contributed by atoms with Gasteiger partial charge in [-0.15, -0.1) is 0 Å². The Morgan fingerprint density at radius 1 is 1.29 bits per heavy atom. The van der Waals surface area contributed by atoms with Gasteiger partial charge < -0.3 is 5.32 Å². The standard InChI is InChI=1S/C16H19N3O2/c1-11(12-4-2-3-5-12)18-15-6-7-16(19(20)21)14-10-17-9-8-13(14)15/h6-12,18H,2-5H2,1H3. The van der Waals surface area contributed by atoms with Crippen LogP contribution in [0.25, 0.3) is 10.8 Å². The van der Waals surface area contributed by atoms with Crippen LogP contribution in [0.3, 0.4) is 0 Å². The van der Waals surface area contributed by atoms with E-state index in [9.17, 15) is 10.1 Å². The minimum absolute atomic E-state index is 0.108. The van der Waals surface area contributed by atoms with Crippen molar-refractivity contribution in [3.05, 3.63) is 40.7 Å². The molecule has 1 aliphatic carbocycles. The van der Waals surface area contributed by atoms with Crippen LogP contribution in [0.2, 0.25) is 0 Å². The summed E-state index contributed by atoms with van der Waals surface area (Å²) in [5, 5.41) is 16.1. The number of nitrogens with one attached hydrogen (secondary N) is 1. The minimum Gasteiger partial charge on any atom is -0.382 e. The summed E-state index contributed by atoms with van der Waals surface area (Å²) < 4.78 is 0. The van der Waals surface area contributed by atoms with E-state index in [0.29, 0.717) is 17.3 Å². The number of nitro groups is 1. The average Bonchev–Trinajstić information content (AvgIpc) is 3.01. The Morgan fingerprint density at radius 3 is 2.76 bits per heavy atom. The van der Waals surface area contributed by atoms with E-state index in [1.807, 2.05) is 12.1 Å². The molecule has 1 aliphatic rings. The first-order valence-electron chi connectivity index (χ1n) is 7.44. The van der Waals surface area contributed by atoms with Crippen molar-refractivity contribution < 1.29 is 4.92 Å². The number of hydrogen-bond acceptors (Lipinski definition) is 4. The molecule has 1 N–H and O–H groups in total. The lowest BCUT2D eigenvalue weighted by molar-refractivity contribution is -0.383. The van der Waals surface area contributed by atoms with E-state index in [2.05, 4.69) is 17.2 Å². The number of anilines is 1. The lowest BCUT2D eigenvalue weighted by atomic mass is 9.99. The van der Waals surface area contributed by atoms with Crippen molar-refractivity contribution in [3.63, 3.8) is 0 Å². The maximum Gasteiger partial charge on any atom is 0.278 e. The van der Waals surface area contributed by atoms with Crippen molar-refractivity contribution in [2.24, 2.45) is 5.92 Å². The quantitative estimate of drug-likeness (QED) is 0.677. The molecule has 5 heteroatoms. The molecule has 21 heavy (non-hydrogen) atoms. The summed E-state index contributed by atoms with van der Waals surface area (Å²) in [7, 11) is 0. The summed E-state index contributed by atoms with van der Waals surface area (Å²) in [6.45, 7) is 2.20. The van der Waals surface area contributed by atoms with E-state index in [0.717, 1.165) is 11.1 Å². The van der Waals surface area contributed by atoms with Crippen molar-refractivity contribution in [2.45, 2.75) is 38.6 Å². The maximum atomic E-state index is 11.1. The lowest BCUT2D eigenvalue weighted by Crippen LogP contribution is -2.23. The number of pyridine rings is 1. The molecule has 0 amide bonds. The van der Waals surface area contributed by atoms with Crippen LogP contribution in [0.5, 0.6) is 0 Å². The lowest BCUT2D eigenvalue weighted by Gasteiger charge is -2.22. The van der Waals surface area contributed by atoms with Crippen molar-refractivity contribution in [1.29, 1.82) is 0 Å². The zero-order chi connectivity index (χ0) is 14.8. The Balaban J connectivity index is 1.95. The van der Waals surface area contributed by atoms with Gasteiger partial charge in [-0.05, 0) is 37.8 Å². The number of nitrogens with zero attached hydrogens (tertiary/aromatic N) is 2. The molecule has 0 saturated heterocycles. The molecule has 0 radical (unpaired) electrons. The number of nitro benzene ring substituents is 1. The molecule has 1 unspecified atom stereocenters. The number of non-ortho nitro benzene ring substituents is 1. The van der Waals surface area contributed by atoms with Gasteiger partial charge in [-0.2, -0.15) is 0 Å².